The summed E-state index contributed by atoms with van der Waals surface area (Å²) in [5, 5.41) is 8.10. The van der Waals surface area contributed by atoms with Crippen molar-refractivity contribution in [1.29, 1.82) is 0 Å². The lowest BCUT2D eigenvalue weighted by Crippen LogP contribution is -2.35. The van der Waals surface area contributed by atoms with E-state index in [0.717, 1.165) is 0 Å². The molecule has 0 amide bonds. The first kappa shape index (κ1) is 10.3. The molecule has 0 spiro atoms. The molecule has 0 heterocycles. The van der Waals surface area contributed by atoms with E-state index in [4.69, 9.17) is 15.4 Å². The highest BCUT2D eigenvalue weighted by atomic mass is 32.3. The van der Waals surface area contributed by atoms with Crippen molar-refractivity contribution in [2.24, 2.45) is 5.73 Å². The van der Waals surface area contributed by atoms with Gasteiger partial charge in [-0.1, -0.05) is 0 Å². The fourth-order valence-electron chi connectivity index (χ4n) is 0.231. The van der Waals surface area contributed by atoms with Crippen molar-refractivity contribution in [3.05, 3.63) is 0 Å². The lowest BCUT2D eigenvalue weighted by molar-refractivity contribution is -0.139. The van der Waals surface area contributed by atoms with Crippen LogP contribution in [0.5, 0.6) is 0 Å². The molecule has 11 heavy (non-hydrogen) atoms. The highest BCUT2D eigenvalue weighted by molar-refractivity contribution is 7.80. The number of hydrogen-bond donors (Lipinski definition) is 3. The van der Waals surface area contributed by atoms with Crippen LogP contribution in [0.2, 0.25) is 0 Å². The van der Waals surface area contributed by atoms with Gasteiger partial charge in [-0.05, 0) is 0 Å². The van der Waals surface area contributed by atoms with E-state index >= 15 is 0 Å². The molecule has 0 aliphatic heterocycles. The molecule has 0 radical (unpaired) electrons. The van der Waals surface area contributed by atoms with Gasteiger partial charge in [0.1, 0.15) is 6.04 Å². The van der Waals surface area contributed by atoms with Gasteiger partial charge in [-0.25, -0.2) is 4.18 Å². The Bertz CT molecular complexity index is 232. The summed E-state index contributed by atoms with van der Waals surface area (Å²) in [6.45, 7) is -0.784. The molecule has 8 heteroatoms. The van der Waals surface area contributed by atoms with E-state index < -0.39 is 29.0 Å². The van der Waals surface area contributed by atoms with Crippen LogP contribution in [-0.2, 0) is 19.4 Å². The van der Waals surface area contributed by atoms with Crippen molar-refractivity contribution >= 4 is 16.4 Å². The van der Waals surface area contributed by atoms with Gasteiger partial charge in [0.05, 0.1) is 6.61 Å². The monoisotopic (exact) mass is 185 g/mol. The molecule has 0 aliphatic rings. The first-order valence-electron chi connectivity index (χ1n) is 2.43. The summed E-state index contributed by atoms with van der Waals surface area (Å²) >= 11 is 0. The molecule has 66 valence electrons. The second-order valence-electron chi connectivity index (χ2n) is 1.66. The average Bonchev–Trinajstić information content (AvgIpc) is 1.80. The normalized spacial score (nSPS) is 14.4. The van der Waals surface area contributed by atoms with Gasteiger partial charge in [0.25, 0.3) is 0 Å². The summed E-state index contributed by atoms with van der Waals surface area (Å²) in [5.74, 6) is -1.41. The fraction of sp³-hybridized carbons (Fsp3) is 0.667. The summed E-state index contributed by atoms with van der Waals surface area (Å²) in [5.41, 5.74) is 4.82. The van der Waals surface area contributed by atoms with Gasteiger partial charge >= 0.3 is 16.4 Å². The standard InChI is InChI=1S/C3H7NO6S/c4-2(3(5)6)1-10-11(7,8)9/h2H,1,4H2,(H,5,6)(H,7,8,9). The van der Waals surface area contributed by atoms with Crippen LogP contribution in [0.15, 0.2) is 0 Å². The van der Waals surface area contributed by atoms with E-state index in [0.29, 0.717) is 0 Å². The molecule has 0 aliphatic carbocycles. The highest BCUT2D eigenvalue weighted by Gasteiger charge is 2.15. The van der Waals surface area contributed by atoms with E-state index in [-0.39, 0.29) is 0 Å². The zero-order chi connectivity index (χ0) is 9.07. The fourth-order valence-corrected chi connectivity index (χ4v) is 0.549. The molecule has 0 fully saturated rings. The van der Waals surface area contributed by atoms with Gasteiger partial charge < -0.3 is 10.8 Å². The third-order valence-electron chi connectivity index (χ3n) is 0.714. The third-order valence-corrected chi connectivity index (χ3v) is 1.15. The van der Waals surface area contributed by atoms with E-state index in [1.54, 1.807) is 0 Å². The maximum absolute atomic E-state index is 9.93. The van der Waals surface area contributed by atoms with Gasteiger partial charge in [-0.2, -0.15) is 8.42 Å². The lowest BCUT2D eigenvalue weighted by atomic mass is 10.3. The van der Waals surface area contributed by atoms with Gasteiger partial charge in [0.2, 0.25) is 0 Å². The van der Waals surface area contributed by atoms with Gasteiger partial charge in [0.15, 0.2) is 0 Å². The summed E-state index contributed by atoms with van der Waals surface area (Å²) in [6.07, 6.45) is 0. The van der Waals surface area contributed by atoms with E-state index in [9.17, 15) is 13.2 Å². The second kappa shape index (κ2) is 3.62. The number of rotatable bonds is 4. The van der Waals surface area contributed by atoms with Crippen molar-refractivity contribution < 1.29 is 27.1 Å². The Balaban J connectivity index is 3.82. The molecule has 1 atom stereocenters. The molecule has 4 N–H and O–H groups in total. The SMILES string of the molecule is NC(COS(=O)(=O)O)C(=O)O. The van der Waals surface area contributed by atoms with E-state index in [1.807, 2.05) is 0 Å². The van der Waals surface area contributed by atoms with Crippen molar-refractivity contribution in [2.75, 3.05) is 6.61 Å². The van der Waals surface area contributed by atoms with Crippen molar-refractivity contribution in [2.45, 2.75) is 6.04 Å². The number of aliphatic carboxylic acids is 1. The van der Waals surface area contributed by atoms with Crippen molar-refractivity contribution in [3.8, 4) is 0 Å². The highest BCUT2D eigenvalue weighted by Crippen LogP contribution is 1.88. The molecule has 0 bridgehead atoms. The van der Waals surface area contributed by atoms with Crippen LogP contribution >= 0.6 is 0 Å². The summed E-state index contributed by atoms with van der Waals surface area (Å²) in [4.78, 5) is 9.93. The van der Waals surface area contributed by atoms with Gasteiger partial charge in [0, 0.05) is 0 Å². The molecule has 7 nitrogen and oxygen atoms in total. The maximum Gasteiger partial charge on any atom is 0.397 e. The predicted octanol–water partition coefficient (Wildman–Crippen LogP) is -1.78. The van der Waals surface area contributed by atoms with Crippen LogP contribution in [0.4, 0.5) is 0 Å². The Kier molecular flexibility index (Phi) is 3.39. The topological polar surface area (TPSA) is 127 Å². The minimum atomic E-state index is -4.60. The largest absolute Gasteiger partial charge is 0.480 e. The molecule has 0 aromatic heterocycles. The number of carboxylic acids is 1. The smallest absolute Gasteiger partial charge is 0.397 e. The van der Waals surface area contributed by atoms with E-state index in [1.165, 1.54) is 0 Å². The Hall–Kier alpha value is -0.700. The number of nitrogens with two attached hydrogens (primary N) is 1. The van der Waals surface area contributed by atoms with Crippen LogP contribution < -0.4 is 5.73 Å². The summed E-state index contributed by atoms with van der Waals surface area (Å²) in [6, 6.07) is -1.46. The van der Waals surface area contributed by atoms with Crippen molar-refractivity contribution in [3.63, 3.8) is 0 Å². The van der Waals surface area contributed by atoms with Crippen LogP contribution in [0.3, 0.4) is 0 Å². The quantitative estimate of drug-likeness (QED) is 0.441. The van der Waals surface area contributed by atoms with Crippen molar-refractivity contribution in [1.82, 2.24) is 0 Å². The number of hydrogen-bond acceptors (Lipinski definition) is 5. The van der Waals surface area contributed by atoms with E-state index in [2.05, 4.69) is 4.18 Å². The zero-order valence-corrected chi connectivity index (χ0v) is 6.11. The maximum atomic E-state index is 9.93. The second-order valence-corrected chi connectivity index (χ2v) is 2.75. The third kappa shape index (κ3) is 5.73. The first-order valence-corrected chi connectivity index (χ1v) is 3.79. The number of carbonyl (C=O) groups is 1. The minimum absolute atomic E-state index is 0.784. The Labute approximate surface area is 62.7 Å². The van der Waals surface area contributed by atoms with Crippen LogP contribution in [0.1, 0.15) is 0 Å². The van der Waals surface area contributed by atoms with Gasteiger partial charge in [-0.3, -0.25) is 9.35 Å². The van der Waals surface area contributed by atoms with Crippen LogP contribution in [0.25, 0.3) is 0 Å². The molecule has 1 unspecified atom stereocenters. The summed E-state index contributed by atoms with van der Waals surface area (Å²) in [7, 11) is -4.60. The zero-order valence-electron chi connectivity index (χ0n) is 5.30. The van der Waals surface area contributed by atoms with Crippen LogP contribution in [-0.4, -0.2) is 36.7 Å². The molecule has 0 saturated heterocycles. The Morgan fingerprint density at radius 3 is 2.36 bits per heavy atom. The average molecular weight is 185 g/mol. The Morgan fingerprint density at radius 2 is 2.09 bits per heavy atom. The lowest BCUT2D eigenvalue weighted by Gasteiger charge is -2.03. The predicted molar refractivity (Wildman–Crippen MR) is 33.1 cm³/mol. The molecule has 0 aromatic carbocycles. The minimum Gasteiger partial charge on any atom is -0.480 e. The van der Waals surface area contributed by atoms with Gasteiger partial charge in [-0.15, -0.1) is 0 Å². The molecule has 0 aromatic rings. The Morgan fingerprint density at radius 1 is 1.64 bits per heavy atom. The number of carboxylic acid groups (broad SMARTS) is 1. The first-order chi connectivity index (χ1) is 4.83. The summed E-state index contributed by atoms with van der Waals surface area (Å²) < 4.78 is 31.3. The van der Waals surface area contributed by atoms with Crippen LogP contribution in [0, 0.1) is 0 Å². The molecular formula is C3H7NO6S. The molecule has 0 saturated carbocycles. The molecule has 0 rings (SSSR count). The molecular weight excluding hydrogens is 178 g/mol.